The maximum absolute atomic E-state index is 12.5. The van der Waals surface area contributed by atoms with Crippen molar-refractivity contribution in [3.8, 4) is 0 Å². The molecule has 1 saturated heterocycles. The van der Waals surface area contributed by atoms with Crippen molar-refractivity contribution in [3.05, 3.63) is 46.5 Å². The fourth-order valence-corrected chi connectivity index (χ4v) is 3.79. The van der Waals surface area contributed by atoms with Crippen LogP contribution in [0, 0.1) is 0 Å². The number of likely N-dealkylation sites (tertiary alicyclic amines) is 1. The largest absolute Gasteiger partial charge is 0.472 e. The van der Waals surface area contributed by atoms with Crippen molar-refractivity contribution in [3.63, 3.8) is 0 Å². The fraction of sp³-hybridized carbons (Fsp3) is 0.444. The Morgan fingerprint density at radius 2 is 2.12 bits per heavy atom. The van der Waals surface area contributed by atoms with Crippen molar-refractivity contribution in [1.82, 2.24) is 15.1 Å². The predicted octanol–water partition coefficient (Wildman–Crippen LogP) is 3.35. The van der Waals surface area contributed by atoms with Gasteiger partial charge in [-0.2, -0.15) is 0 Å². The van der Waals surface area contributed by atoms with E-state index in [1.54, 1.807) is 22.3 Å². The van der Waals surface area contributed by atoms with E-state index < -0.39 is 0 Å². The number of rotatable bonds is 4. The van der Waals surface area contributed by atoms with Crippen LogP contribution in [0.3, 0.4) is 0 Å². The molecule has 6 nitrogen and oxygen atoms in total. The Labute approximate surface area is 151 Å². The van der Waals surface area contributed by atoms with Gasteiger partial charge in [-0.05, 0) is 37.3 Å². The molecule has 0 aliphatic carbocycles. The molecule has 3 rings (SSSR count). The molecule has 134 valence electrons. The highest BCUT2D eigenvalue weighted by Crippen LogP contribution is 2.23. The number of hydrogen-bond acceptors (Lipinski definition) is 4. The monoisotopic (exact) mass is 361 g/mol. The summed E-state index contributed by atoms with van der Waals surface area (Å²) in [5.74, 6) is -0.0121. The van der Waals surface area contributed by atoms with Crippen LogP contribution in [0.15, 0.2) is 40.5 Å². The summed E-state index contributed by atoms with van der Waals surface area (Å²) in [6.45, 7) is 3.30. The highest BCUT2D eigenvalue weighted by molar-refractivity contribution is 7.10. The summed E-state index contributed by atoms with van der Waals surface area (Å²) in [6, 6.07) is 5.78. The molecule has 1 aliphatic rings. The topological polar surface area (TPSA) is 65.8 Å². The van der Waals surface area contributed by atoms with Gasteiger partial charge in [0.25, 0.3) is 5.91 Å². The highest BCUT2D eigenvalue weighted by atomic mass is 32.1. The smallest absolute Gasteiger partial charge is 0.317 e. The maximum Gasteiger partial charge on any atom is 0.317 e. The van der Waals surface area contributed by atoms with Gasteiger partial charge < -0.3 is 19.5 Å². The molecule has 0 bridgehead atoms. The molecule has 7 heteroatoms. The van der Waals surface area contributed by atoms with E-state index in [0.29, 0.717) is 18.7 Å². The summed E-state index contributed by atoms with van der Waals surface area (Å²) >= 11 is 1.65. The third kappa shape index (κ3) is 4.04. The van der Waals surface area contributed by atoms with Gasteiger partial charge in [0.1, 0.15) is 6.26 Å². The van der Waals surface area contributed by atoms with Crippen LogP contribution in [-0.2, 0) is 0 Å². The van der Waals surface area contributed by atoms with Gasteiger partial charge in [-0.1, -0.05) is 6.07 Å². The molecule has 25 heavy (non-hydrogen) atoms. The summed E-state index contributed by atoms with van der Waals surface area (Å²) in [7, 11) is 1.82. The van der Waals surface area contributed by atoms with E-state index >= 15 is 0 Å². The molecule has 2 aromatic rings. The first-order valence-corrected chi connectivity index (χ1v) is 9.32. The zero-order chi connectivity index (χ0) is 17.8. The Morgan fingerprint density at radius 1 is 1.36 bits per heavy atom. The number of urea groups is 1. The van der Waals surface area contributed by atoms with E-state index in [1.165, 1.54) is 12.5 Å². The average Bonchev–Trinajstić information content (AvgIpc) is 3.34. The molecular weight excluding hydrogens is 338 g/mol. The SMILES string of the molecule is CC(c1cccs1)N(C)C(=O)NC1CCN(C(=O)c2ccoc2)CC1. The summed E-state index contributed by atoms with van der Waals surface area (Å²) < 4.78 is 4.97. The Morgan fingerprint density at radius 3 is 2.72 bits per heavy atom. The van der Waals surface area contributed by atoms with Gasteiger partial charge in [0, 0.05) is 31.1 Å². The zero-order valence-corrected chi connectivity index (χ0v) is 15.3. The highest BCUT2D eigenvalue weighted by Gasteiger charge is 2.27. The molecule has 3 amide bonds. The van der Waals surface area contributed by atoms with Crippen molar-refractivity contribution in [1.29, 1.82) is 0 Å². The number of nitrogens with zero attached hydrogens (tertiary/aromatic N) is 2. The molecule has 1 aliphatic heterocycles. The summed E-state index contributed by atoms with van der Waals surface area (Å²) in [5.41, 5.74) is 0.576. The first-order valence-electron chi connectivity index (χ1n) is 8.44. The lowest BCUT2D eigenvalue weighted by molar-refractivity contribution is 0.0705. The molecule has 1 fully saturated rings. The van der Waals surface area contributed by atoms with Crippen molar-refractivity contribution >= 4 is 23.3 Å². The van der Waals surface area contributed by atoms with Crippen LogP contribution in [0.1, 0.15) is 41.0 Å². The number of amides is 3. The fourth-order valence-electron chi connectivity index (χ4n) is 2.97. The minimum absolute atomic E-state index is 0.0121. The lowest BCUT2D eigenvalue weighted by Gasteiger charge is -2.34. The van der Waals surface area contributed by atoms with Gasteiger partial charge >= 0.3 is 6.03 Å². The molecule has 1 unspecified atom stereocenters. The third-order valence-corrected chi connectivity index (χ3v) is 5.78. The summed E-state index contributed by atoms with van der Waals surface area (Å²) in [4.78, 5) is 29.5. The van der Waals surface area contributed by atoms with Gasteiger partial charge in [-0.25, -0.2) is 4.79 Å². The number of nitrogens with one attached hydrogen (secondary N) is 1. The van der Waals surface area contributed by atoms with E-state index in [-0.39, 0.29) is 24.0 Å². The lowest BCUT2D eigenvalue weighted by Crippen LogP contribution is -2.49. The van der Waals surface area contributed by atoms with E-state index in [0.717, 1.165) is 17.7 Å². The van der Waals surface area contributed by atoms with Crippen molar-refractivity contribution in [2.24, 2.45) is 0 Å². The number of carbonyl (C=O) groups excluding carboxylic acids is 2. The number of carbonyl (C=O) groups is 2. The van der Waals surface area contributed by atoms with Crippen LogP contribution in [-0.4, -0.2) is 47.9 Å². The Balaban J connectivity index is 1.48. The predicted molar refractivity (Wildman–Crippen MR) is 96.7 cm³/mol. The first kappa shape index (κ1) is 17.5. The van der Waals surface area contributed by atoms with Gasteiger partial charge in [0.05, 0.1) is 17.9 Å². The molecule has 0 spiro atoms. The molecule has 2 aromatic heterocycles. The Kier molecular flexibility index (Phi) is 5.43. The van der Waals surface area contributed by atoms with Crippen molar-refractivity contribution in [2.75, 3.05) is 20.1 Å². The van der Waals surface area contributed by atoms with Gasteiger partial charge in [0.15, 0.2) is 0 Å². The molecule has 1 atom stereocenters. The van der Waals surface area contributed by atoms with E-state index in [4.69, 9.17) is 4.42 Å². The Bertz CT molecular complexity index is 691. The van der Waals surface area contributed by atoms with E-state index in [9.17, 15) is 9.59 Å². The number of furan rings is 1. The third-order valence-electron chi connectivity index (χ3n) is 4.73. The van der Waals surface area contributed by atoms with Gasteiger partial charge in [0.2, 0.25) is 0 Å². The molecular formula is C18H23N3O3S. The standard InChI is InChI=1S/C18H23N3O3S/c1-13(16-4-3-11-25-16)20(2)18(23)19-15-5-8-21(9-6-15)17(22)14-7-10-24-12-14/h3-4,7,10-13,15H,5-6,8-9H2,1-2H3,(H,19,23). The van der Waals surface area contributed by atoms with Crippen molar-refractivity contribution < 1.29 is 14.0 Å². The zero-order valence-electron chi connectivity index (χ0n) is 14.5. The van der Waals surface area contributed by atoms with Crippen LogP contribution in [0.4, 0.5) is 4.79 Å². The quantitative estimate of drug-likeness (QED) is 0.908. The second-order valence-electron chi connectivity index (χ2n) is 6.33. The van der Waals surface area contributed by atoms with E-state index in [1.807, 2.05) is 36.4 Å². The normalized spacial score (nSPS) is 16.5. The second kappa shape index (κ2) is 7.74. The van der Waals surface area contributed by atoms with Crippen LogP contribution in [0.25, 0.3) is 0 Å². The van der Waals surface area contributed by atoms with Crippen LogP contribution >= 0.6 is 11.3 Å². The Hall–Kier alpha value is -2.28. The first-order chi connectivity index (χ1) is 12.1. The van der Waals surface area contributed by atoms with Gasteiger partial charge in [-0.3, -0.25) is 4.79 Å². The van der Waals surface area contributed by atoms with Crippen molar-refractivity contribution in [2.45, 2.75) is 31.8 Å². The minimum atomic E-state index is -0.0690. The maximum atomic E-state index is 12.5. The number of hydrogen-bond donors (Lipinski definition) is 1. The van der Waals surface area contributed by atoms with Gasteiger partial charge in [-0.15, -0.1) is 11.3 Å². The van der Waals surface area contributed by atoms with Crippen LogP contribution in [0.2, 0.25) is 0 Å². The summed E-state index contributed by atoms with van der Waals surface area (Å²) in [6.07, 6.45) is 4.50. The average molecular weight is 361 g/mol. The molecule has 0 radical (unpaired) electrons. The van der Waals surface area contributed by atoms with Crippen LogP contribution < -0.4 is 5.32 Å². The minimum Gasteiger partial charge on any atom is -0.472 e. The van der Waals surface area contributed by atoms with E-state index in [2.05, 4.69) is 5.32 Å². The number of piperidine rings is 1. The molecule has 3 heterocycles. The molecule has 0 saturated carbocycles. The van der Waals surface area contributed by atoms with Crippen LogP contribution in [0.5, 0.6) is 0 Å². The molecule has 1 N–H and O–H groups in total. The molecule has 0 aromatic carbocycles. The summed E-state index contributed by atoms with van der Waals surface area (Å²) in [5, 5.41) is 5.11. The number of thiophene rings is 1. The second-order valence-corrected chi connectivity index (χ2v) is 7.31. The lowest BCUT2D eigenvalue weighted by atomic mass is 10.0.